The number of aromatic nitrogens is 3. The molecule has 1 saturated carbocycles. The van der Waals surface area contributed by atoms with Gasteiger partial charge in [-0.3, -0.25) is 4.90 Å². The molecule has 194 valence electrons. The maximum atomic E-state index is 13.6. The summed E-state index contributed by atoms with van der Waals surface area (Å²) in [4.78, 5) is 14.8. The van der Waals surface area contributed by atoms with Crippen LogP contribution >= 0.6 is 11.3 Å². The van der Waals surface area contributed by atoms with E-state index < -0.39 is 10.0 Å². The molecule has 0 bridgehead atoms. The van der Waals surface area contributed by atoms with Crippen molar-refractivity contribution in [2.75, 3.05) is 33.2 Å². The minimum atomic E-state index is -3.79. The number of aryl methyl sites for hydroxylation is 1. The van der Waals surface area contributed by atoms with Crippen LogP contribution in [0.1, 0.15) is 42.2 Å². The van der Waals surface area contributed by atoms with Crippen LogP contribution in [0.2, 0.25) is 0 Å². The van der Waals surface area contributed by atoms with Crippen molar-refractivity contribution in [3.63, 3.8) is 0 Å². The molecule has 4 aromatic rings. The summed E-state index contributed by atoms with van der Waals surface area (Å²) in [6, 6.07) is 11.4. The zero-order valence-corrected chi connectivity index (χ0v) is 23.0. The lowest BCUT2D eigenvalue weighted by Crippen LogP contribution is -2.49. The number of likely N-dealkylation sites (N-methyl/N-ethyl adjacent to an activating group) is 1. The summed E-state index contributed by atoms with van der Waals surface area (Å²) < 4.78 is 28.5. The van der Waals surface area contributed by atoms with Crippen LogP contribution in [0.4, 0.5) is 0 Å². The third kappa shape index (κ3) is 4.74. The molecule has 1 aliphatic heterocycles. The molecule has 1 aromatic carbocycles. The fraction of sp³-hybridized carbons (Fsp3) is 0.429. The predicted molar refractivity (Wildman–Crippen MR) is 149 cm³/mol. The first-order valence-corrected chi connectivity index (χ1v) is 15.4. The summed E-state index contributed by atoms with van der Waals surface area (Å²) in [5.74, 6) is 0.444. The molecule has 2 fully saturated rings. The minimum absolute atomic E-state index is 0.251. The Labute approximate surface area is 222 Å². The lowest BCUT2D eigenvalue weighted by molar-refractivity contribution is 0.0878. The van der Waals surface area contributed by atoms with Crippen molar-refractivity contribution >= 4 is 32.4 Å². The molecule has 4 heterocycles. The number of benzene rings is 1. The van der Waals surface area contributed by atoms with Gasteiger partial charge in [-0.05, 0) is 69.3 Å². The van der Waals surface area contributed by atoms with Gasteiger partial charge in [0.1, 0.15) is 0 Å². The van der Waals surface area contributed by atoms with Crippen molar-refractivity contribution in [3.05, 3.63) is 64.7 Å². The van der Waals surface area contributed by atoms with E-state index in [0.29, 0.717) is 17.6 Å². The Kier molecular flexibility index (Phi) is 6.65. The Morgan fingerprint density at radius 1 is 1.00 bits per heavy atom. The second kappa shape index (κ2) is 9.94. The zero-order valence-electron chi connectivity index (χ0n) is 21.4. The fourth-order valence-corrected chi connectivity index (χ4v) is 7.82. The van der Waals surface area contributed by atoms with Crippen LogP contribution in [-0.2, 0) is 10.0 Å². The number of nitrogens with zero attached hydrogens (tertiary/aromatic N) is 5. The third-order valence-electron chi connectivity index (χ3n) is 8.05. The molecule has 9 heteroatoms. The number of hydrogen-bond acceptors (Lipinski definition) is 7. The average molecular weight is 536 g/mol. The molecule has 0 amide bonds. The highest BCUT2D eigenvalue weighted by Gasteiger charge is 2.30. The maximum absolute atomic E-state index is 13.6. The largest absolute Gasteiger partial charge is 0.304 e. The first-order chi connectivity index (χ1) is 17.9. The van der Waals surface area contributed by atoms with Crippen molar-refractivity contribution in [1.82, 2.24) is 23.7 Å². The van der Waals surface area contributed by atoms with Crippen LogP contribution in [0.25, 0.3) is 22.3 Å². The highest BCUT2D eigenvalue weighted by molar-refractivity contribution is 7.90. The molecule has 0 radical (unpaired) electrons. The van der Waals surface area contributed by atoms with E-state index in [0.717, 1.165) is 47.6 Å². The molecule has 3 aromatic heterocycles. The number of thiazole rings is 1. The van der Waals surface area contributed by atoms with Gasteiger partial charge in [-0.2, -0.15) is 0 Å². The Hall–Kier alpha value is -2.59. The molecular weight excluding hydrogens is 502 g/mol. The van der Waals surface area contributed by atoms with Gasteiger partial charge in [-0.15, -0.1) is 11.3 Å². The second-order valence-electron chi connectivity index (χ2n) is 10.4. The summed E-state index contributed by atoms with van der Waals surface area (Å²) in [5.41, 5.74) is 3.28. The van der Waals surface area contributed by atoms with Gasteiger partial charge >= 0.3 is 0 Å². The molecule has 6 rings (SSSR count). The van der Waals surface area contributed by atoms with Crippen LogP contribution in [0.3, 0.4) is 0 Å². The Morgan fingerprint density at radius 3 is 2.41 bits per heavy atom. The molecular formula is C28H33N5O2S2. The van der Waals surface area contributed by atoms with E-state index in [1.54, 1.807) is 41.8 Å². The topological polar surface area (TPSA) is 71.3 Å². The van der Waals surface area contributed by atoms with E-state index in [1.807, 2.05) is 24.6 Å². The number of hydrogen-bond donors (Lipinski definition) is 0. The van der Waals surface area contributed by atoms with Gasteiger partial charge in [0.25, 0.3) is 10.0 Å². The second-order valence-corrected chi connectivity index (χ2v) is 13.3. The summed E-state index contributed by atoms with van der Waals surface area (Å²) in [6.45, 7) is 6.61. The Balaban J connectivity index is 1.33. The molecule has 1 aliphatic carbocycles. The average Bonchev–Trinajstić information content (AvgIpc) is 3.53. The number of fused-ring (bicyclic) bond motifs is 1. The van der Waals surface area contributed by atoms with E-state index in [9.17, 15) is 8.42 Å². The van der Waals surface area contributed by atoms with Gasteiger partial charge in [-0.1, -0.05) is 18.2 Å². The fourth-order valence-electron chi connectivity index (χ4n) is 5.86. The molecule has 0 unspecified atom stereocenters. The van der Waals surface area contributed by atoms with Crippen molar-refractivity contribution in [2.45, 2.75) is 49.5 Å². The Bertz CT molecular complexity index is 1500. The van der Waals surface area contributed by atoms with Gasteiger partial charge in [0.15, 0.2) is 5.65 Å². The third-order valence-corrected chi connectivity index (χ3v) is 10.5. The normalized spacial score (nSPS) is 22.0. The van der Waals surface area contributed by atoms with Crippen molar-refractivity contribution in [1.29, 1.82) is 0 Å². The summed E-state index contributed by atoms with van der Waals surface area (Å²) in [6.07, 6.45) is 8.28. The van der Waals surface area contributed by atoms with Crippen molar-refractivity contribution in [3.8, 4) is 11.3 Å². The minimum Gasteiger partial charge on any atom is -0.304 e. The Morgan fingerprint density at radius 2 is 1.73 bits per heavy atom. The van der Waals surface area contributed by atoms with E-state index in [2.05, 4.69) is 27.9 Å². The maximum Gasteiger partial charge on any atom is 0.269 e. The highest BCUT2D eigenvalue weighted by atomic mass is 32.2. The SMILES string of the molecule is Cc1nc(-c2cn(S(=O)(=O)c3ccccc3)c3ncc([C@H]4CC[C@@H](N5CCN(C)CC5)CC4)cc23)cs1. The van der Waals surface area contributed by atoms with Gasteiger partial charge in [-0.25, -0.2) is 22.4 Å². The highest BCUT2D eigenvalue weighted by Crippen LogP contribution is 2.38. The van der Waals surface area contributed by atoms with E-state index in [1.165, 1.54) is 35.5 Å². The molecule has 2 aliphatic rings. The number of rotatable bonds is 5. The zero-order chi connectivity index (χ0) is 25.6. The smallest absolute Gasteiger partial charge is 0.269 e. The molecule has 7 nitrogen and oxygen atoms in total. The van der Waals surface area contributed by atoms with Crippen LogP contribution in [0, 0.1) is 6.92 Å². The van der Waals surface area contributed by atoms with Gasteiger partial charge in [0.05, 0.1) is 15.6 Å². The van der Waals surface area contributed by atoms with Crippen LogP contribution in [0.5, 0.6) is 0 Å². The quantitative estimate of drug-likeness (QED) is 0.359. The van der Waals surface area contributed by atoms with Crippen LogP contribution in [0.15, 0.2) is 59.1 Å². The van der Waals surface area contributed by atoms with Gasteiger partial charge in [0, 0.05) is 60.9 Å². The molecule has 1 saturated heterocycles. The predicted octanol–water partition coefficient (Wildman–Crippen LogP) is 4.98. The van der Waals surface area contributed by atoms with Crippen molar-refractivity contribution in [2.24, 2.45) is 0 Å². The standard InChI is InChI=1S/C28H33N5O2S2/c1-20-30-27(19-36-20)26-18-33(37(34,35)24-6-4-3-5-7-24)28-25(26)16-22(17-29-28)21-8-10-23(11-9-21)32-14-12-31(2)13-15-32/h3-7,16-19,21,23H,8-15H2,1-2H3/t21-,23+. The molecule has 0 spiro atoms. The summed E-state index contributed by atoms with van der Waals surface area (Å²) in [7, 11) is -1.58. The van der Waals surface area contributed by atoms with E-state index in [-0.39, 0.29) is 4.90 Å². The molecule has 0 atom stereocenters. The van der Waals surface area contributed by atoms with Gasteiger partial charge in [0.2, 0.25) is 0 Å². The monoisotopic (exact) mass is 535 g/mol. The number of piperazine rings is 1. The van der Waals surface area contributed by atoms with E-state index >= 15 is 0 Å². The lowest BCUT2D eigenvalue weighted by Gasteiger charge is -2.41. The summed E-state index contributed by atoms with van der Waals surface area (Å²) in [5, 5.41) is 3.80. The van der Waals surface area contributed by atoms with Crippen molar-refractivity contribution < 1.29 is 8.42 Å². The first-order valence-electron chi connectivity index (χ1n) is 13.1. The van der Waals surface area contributed by atoms with Crippen LogP contribution < -0.4 is 0 Å². The lowest BCUT2D eigenvalue weighted by atomic mass is 9.81. The van der Waals surface area contributed by atoms with E-state index in [4.69, 9.17) is 4.98 Å². The first kappa shape index (κ1) is 24.7. The number of pyridine rings is 1. The summed E-state index contributed by atoms with van der Waals surface area (Å²) >= 11 is 1.57. The van der Waals surface area contributed by atoms with Gasteiger partial charge < -0.3 is 4.90 Å². The van der Waals surface area contributed by atoms with Crippen LogP contribution in [-0.4, -0.2) is 71.4 Å². The molecule has 0 N–H and O–H groups in total. The molecule has 37 heavy (non-hydrogen) atoms.